The molecule has 0 aliphatic heterocycles. The number of rotatable bonds is 3. The Hall–Kier alpha value is -1.88. The van der Waals surface area contributed by atoms with Gasteiger partial charge in [-0.05, 0) is 25.1 Å². The highest BCUT2D eigenvalue weighted by Gasteiger charge is 2.11. The van der Waals surface area contributed by atoms with E-state index in [1.54, 1.807) is 10.9 Å². The maximum Gasteiger partial charge on any atom is 0.258 e. The second-order valence-corrected chi connectivity index (χ2v) is 4.10. The number of anilines is 1. The molecule has 0 bridgehead atoms. The van der Waals surface area contributed by atoms with E-state index in [0.29, 0.717) is 12.1 Å². The Morgan fingerprint density at radius 1 is 1.56 bits per heavy atom. The van der Waals surface area contributed by atoms with E-state index in [9.17, 15) is 9.18 Å². The van der Waals surface area contributed by atoms with Gasteiger partial charge in [-0.25, -0.2) is 4.39 Å². The summed E-state index contributed by atoms with van der Waals surface area (Å²) in [5, 5.41) is 6.72. The second kappa shape index (κ2) is 5.18. The third-order valence-corrected chi connectivity index (χ3v) is 2.63. The summed E-state index contributed by atoms with van der Waals surface area (Å²) in [7, 11) is 0. The first-order valence-electron chi connectivity index (χ1n) is 5.39. The van der Waals surface area contributed by atoms with Crippen molar-refractivity contribution >= 4 is 23.2 Å². The van der Waals surface area contributed by atoms with Gasteiger partial charge in [0.25, 0.3) is 5.91 Å². The number of aryl methyl sites for hydroxylation is 1. The number of amides is 1. The van der Waals surface area contributed by atoms with Crippen molar-refractivity contribution in [2.45, 2.75) is 13.5 Å². The quantitative estimate of drug-likeness (QED) is 0.929. The fourth-order valence-electron chi connectivity index (χ4n) is 1.44. The molecule has 1 heterocycles. The van der Waals surface area contributed by atoms with E-state index in [4.69, 9.17) is 11.6 Å². The normalized spacial score (nSPS) is 10.4. The first-order valence-corrected chi connectivity index (χ1v) is 5.77. The van der Waals surface area contributed by atoms with Crippen molar-refractivity contribution < 1.29 is 9.18 Å². The number of carbonyl (C=O) groups excluding carboxylic acids is 1. The number of halogens is 2. The van der Waals surface area contributed by atoms with Gasteiger partial charge in [0, 0.05) is 17.8 Å². The number of aromatic nitrogens is 2. The van der Waals surface area contributed by atoms with Crippen LogP contribution in [-0.2, 0) is 6.54 Å². The van der Waals surface area contributed by atoms with E-state index >= 15 is 0 Å². The molecule has 1 amide bonds. The molecule has 0 saturated carbocycles. The largest absolute Gasteiger partial charge is 0.319 e. The standard InChI is InChI=1S/C12H11ClFN3O/c1-2-17-7-8(6-15-17)12(18)16-11-4-3-9(13)5-10(11)14/h3-7H,2H2,1H3,(H,16,18). The zero-order valence-electron chi connectivity index (χ0n) is 9.65. The first kappa shape index (κ1) is 12.6. The fraction of sp³-hybridized carbons (Fsp3) is 0.167. The second-order valence-electron chi connectivity index (χ2n) is 3.66. The molecule has 2 rings (SSSR count). The van der Waals surface area contributed by atoms with Crippen molar-refractivity contribution in [3.8, 4) is 0 Å². The number of nitrogens with zero attached hydrogens (tertiary/aromatic N) is 2. The number of hydrogen-bond acceptors (Lipinski definition) is 2. The van der Waals surface area contributed by atoms with Crippen LogP contribution in [0.5, 0.6) is 0 Å². The van der Waals surface area contributed by atoms with Crippen LogP contribution in [0.4, 0.5) is 10.1 Å². The van der Waals surface area contributed by atoms with Crippen molar-refractivity contribution in [3.63, 3.8) is 0 Å². The van der Waals surface area contributed by atoms with Gasteiger partial charge in [0.2, 0.25) is 0 Å². The highest BCUT2D eigenvalue weighted by Crippen LogP contribution is 2.19. The van der Waals surface area contributed by atoms with Crippen LogP contribution in [-0.4, -0.2) is 15.7 Å². The van der Waals surface area contributed by atoms with Crippen LogP contribution in [0.1, 0.15) is 17.3 Å². The lowest BCUT2D eigenvalue weighted by Crippen LogP contribution is -2.12. The van der Waals surface area contributed by atoms with Crippen molar-refractivity contribution in [1.29, 1.82) is 0 Å². The van der Waals surface area contributed by atoms with Gasteiger partial charge in [-0.1, -0.05) is 11.6 Å². The van der Waals surface area contributed by atoms with Gasteiger partial charge in [-0.3, -0.25) is 9.48 Å². The van der Waals surface area contributed by atoms with Gasteiger partial charge in [0.15, 0.2) is 0 Å². The molecule has 0 unspecified atom stereocenters. The predicted molar refractivity (Wildman–Crippen MR) is 67.3 cm³/mol. The third kappa shape index (κ3) is 2.68. The predicted octanol–water partition coefficient (Wildman–Crippen LogP) is 2.95. The molecule has 2 aromatic rings. The first-order chi connectivity index (χ1) is 8.60. The Bertz CT molecular complexity index is 582. The minimum Gasteiger partial charge on any atom is -0.319 e. The summed E-state index contributed by atoms with van der Waals surface area (Å²) in [4.78, 5) is 11.8. The lowest BCUT2D eigenvalue weighted by Gasteiger charge is -2.04. The zero-order valence-corrected chi connectivity index (χ0v) is 10.4. The number of carbonyl (C=O) groups is 1. The number of nitrogens with one attached hydrogen (secondary N) is 1. The van der Waals surface area contributed by atoms with Crippen LogP contribution in [0.3, 0.4) is 0 Å². The molecular weight excluding hydrogens is 257 g/mol. The molecule has 6 heteroatoms. The third-order valence-electron chi connectivity index (χ3n) is 2.40. The van der Waals surface area contributed by atoms with Crippen LogP contribution < -0.4 is 5.32 Å². The molecule has 0 aliphatic rings. The lowest BCUT2D eigenvalue weighted by molar-refractivity contribution is 0.102. The van der Waals surface area contributed by atoms with Crippen LogP contribution in [0, 0.1) is 5.82 Å². The van der Waals surface area contributed by atoms with Crippen LogP contribution in [0.2, 0.25) is 5.02 Å². The Morgan fingerprint density at radius 3 is 2.94 bits per heavy atom. The summed E-state index contributed by atoms with van der Waals surface area (Å²) < 4.78 is 15.1. The average molecular weight is 268 g/mol. The van der Waals surface area contributed by atoms with E-state index in [0.717, 1.165) is 6.07 Å². The molecule has 0 atom stereocenters. The van der Waals surface area contributed by atoms with Crippen molar-refractivity contribution in [3.05, 3.63) is 47.0 Å². The maximum absolute atomic E-state index is 13.5. The highest BCUT2D eigenvalue weighted by atomic mass is 35.5. The summed E-state index contributed by atoms with van der Waals surface area (Å²) >= 11 is 5.63. The average Bonchev–Trinajstić information content (AvgIpc) is 2.81. The molecule has 1 N–H and O–H groups in total. The molecule has 0 aliphatic carbocycles. The molecule has 94 valence electrons. The van der Waals surface area contributed by atoms with Crippen molar-refractivity contribution in [2.24, 2.45) is 0 Å². The smallest absolute Gasteiger partial charge is 0.258 e. The van der Waals surface area contributed by atoms with E-state index in [2.05, 4.69) is 10.4 Å². The minimum atomic E-state index is -0.571. The molecule has 1 aromatic heterocycles. The van der Waals surface area contributed by atoms with Gasteiger partial charge >= 0.3 is 0 Å². The van der Waals surface area contributed by atoms with E-state index < -0.39 is 11.7 Å². The maximum atomic E-state index is 13.5. The van der Waals surface area contributed by atoms with Crippen molar-refractivity contribution in [1.82, 2.24) is 9.78 Å². The molecule has 0 spiro atoms. The molecule has 0 saturated heterocycles. The van der Waals surface area contributed by atoms with Crippen molar-refractivity contribution in [2.75, 3.05) is 5.32 Å². The number of benzene rings is 1. The highest BCUT2D eigenvalue weighted by molar-refractivity contribution is 6.30. The Labute approximate surface area is 108 Å². The summed E-state index contributed by atoms with van der Waals surface area (Å²) in [6.45, 7) is 2.58. The Morgan fingerprint density at radius 2 is 2.33 bits per heavy atom. The summed E-state index contributed by atoms with van der Waals surface area (Å²) in [5.74, 6) is -0.977. The van der Waals surface area contributed by atoms with Gasteiger partial charge in [0.1, 0.15) is 5.82 Å². The molecule has 0 radical (unpaired) electrons. The monoisotopic (exact) mass is 267 g/mol. The summed E-state index contributed by atoms with van der Waals surface area (Å²) in [5.41, 5.74) is 0.472. The van der Waals surface area contributed by atoms with Gasteiger partial charge in [-0.15, -0.1) is 0 Å². The lowest BCUT2D eigenvalue weighted by atomic mass is 10.2. The number of hydrogen-bond donors (Lipinski definition) is 1. The van der Waals surface area contributed by atoms with Crippen LogP contribution in [0.15, 0.2) is 30.6 Å². The molecule has 18 heavy (non-hydrogen) atoms. The Kier molecular flexibility index (Phi) is 3.62. The molecular formula is C12H11ClFN3O. The fourth-order valence-corrected chi connectivity index (χ4v) is 1.60. The minimum absolute atomic E-state index is 0.0913. The molecule has 4 nitrogen and oxygen atoms in total. The summed E-state index contributed by atoms with van der Waals surface area (Å²) in [6, 6.07) is 4.07. The van der Waals surface area contributed by atoms with E-state index in [1.165, 1.54) is 18.3 Å². The van der Waals surface area contributed by atoms with E-state index in [-0.39, 0.29) is 10.7 Å². The SMILES string of the molecule is CCn1cc(C(=O)Nc2ccc(Cl)cc2F)cn1. The van der Waals surface area contributed by atoms with Gasteiger partial charge in [-0.2, -0.15) is 5.10 Å². The van der Waals surface area contributed by atoms with Gasteiger partial charge < -0.3 is 5.32 Å². The molecule has 0 fully saturated rings. The zero-order chi connectivity index (χ0) is 13.1. The van der Waals surface area contributed by atoms with E-state index in [1.807, 2.05) is 6.92 Å². The summed E-state index contributed by atoms with van der Waals surface area (Å²) in [6.07, 6.45) is 3.04. The van der Waals surface area contributed by atoms with Crippen LogP contribution >= 0.6 is 11.6 Å². The van der Waals surface area contributed by atoms with Crippen LogP contribution in [0.25, 0.3) is 0 Å². The topological polar surface area (TPSA) is 46.9 Å². The van der Waals surface area contributed by atoms with Gasteiger partial charge in [0.05, 0.1) is 17.4 Å². The molecule has 1 aromatic carbocycles. The Balaban J connectivity index is 2.16.